The van der Waals surface area contributed by atoms with Gasteiger partial charge < -0.3 is 10.1 Å². The molecule has 6 heteroatoms. The minimum Gasteiger partial charge on any atom is -0.494 e. The molecule has 0 radical (unpaired) electrons. The molecule has 0 bridgehead atoms. The second kappa shape index (κ2) is 8.76. The van der Waals surface area contributed by atoms with Gasteiger partial charge in [-0.05, 0) is 61.0 Å². The van der Waals surface area contributed by atoms with E-state index in [2.05, 4.69) is 16.3 Å². The molecule has 0 amide bonds. The van der Waals surface area contributed by atoms with E-state index in [4.69, 9.17) is 32.9 Å². The maximum atomic E-state index is 6.35. The van der Waals surface area contributed by atoms with E-state index in [1.54, 1.807) is 0 Å². The molecule has 148 valence electrons. The van der Waals surface area contributed by atoms with Crippen LogP contribution in [0.1, 0.15) is 12.5 Å². The largest absolute Gasteiger partial charge is 0.494 e. The Labute approximate surface area is 180 Å². The van der Waals surface area contributed by atoms with Gasteiger partial charge in [-0.3, -0.25) is 4.90 Å². The average molecular weight is 426 g/mol. The van der Waals surface area contributed by atoms with Gasteiger partial charge in [0.15, 0.2) is 0 Å². The molecule has 2 aliphatic rings. The van der Waals surface area contributed by atoms with Gasteiger partial charge in [-0.15, -0.1) is 0 Å². The first-order valence-electron chi connectivity index (χ1n) is 9.48. The Morgan fingerprint density at radius 1 is 1.07 bits per heavy atom. The van der Waals surface area contributed by atoms with Crippen LogP contribution in [-0.2, 0) is 6.54 Å². The van der Waals surface area contributed by atoms with Crippen LogP contribution in [0.3, 0.4) is 0 Å². The lowest BCUT2D eigenvalue weighted by atomic mass is 10.2. The number of halogens is 2. The van der Waals surface area contributed by atoms with Crippen molar-refractivity contribution in [1.82, 2.24) is 5.32 Å². The molecule has 1 N–H and O–H groups in total. The first-order valence-corrected chi connectivity index (χ1v) is 10.2. The van der Waals surface area contributed by atoms with Crippen molar-refractivity contribution < 1.29 is 4.74 Å². The summed E-state index contributed by atoms with van der Waals surface area (Å²) in [6, 6.07) is 15.7. The SMILES string of the molecule is CCOc1ccc(N2C3=CC(Cl)=CC=CC3NC2=NCc2ccc(Cl)cc2)cc1. The quantitative estimate of drug-likeness (QED) is 0.672. The molecular weight excluding hydrogens is 405 g/mol. The van der Waals surface area contributed by atoms with E-state index in [1.165, 1.54) is 0 Å². The Hall–Kier alpha value is -2.69. The number of nitrogens with zero attached hydrogens (tertiary/aromatic N) is 2. The van der Waals surface area contributed by atoms with E-state index >= 15 is 0 Å². The molecule has 4 nitrogen and oxygen atoms in total. The van der Waals surface area contributed by atoms with Crippen molar-refractivity contribution in [2.24, 2.45) is 4.99 Å². The topological polar surface area (TPSA) is 36.9 Å². The molecule has 29 heavy (non-hydrogen) atoms. The van der Waals surface area contributed by atoms with Gasteiger partial charge in [-0.25, -0.2) is 4.99 Å². The van der Waals surface area contributed by atoms with Crippen molar-refractivity contribution in [2.45, 2.75) is 19.5 Å². The smallest absolute Gasteiger partial charge is 0.204 e. The highest BCUT2D eigenvalue weighted by Gasteiger charge is 2.33. The van der Waals surface area contributed by atoms with E-state index in [9.17, 15) is 0 Å². The molecule has 1 aliphatic carbocycles. The summed E-state index contributed by atoms with van der Waals surface area (Å²) >= 11 is 12.3. The maximum Gasteiger partial charge on any atom is 0.204 e. The number of rotatable bonds is 5. The van der Waals surface area contributed by atoms with Crippen LogP contribution in [0.4, 0.5) is 5.69 Å². The van der Waals surface area contributed by atoms with Crippen LogP contribution in [-0.4, -0.2) is 18.6 Å². The molecule has 0 saturated carbocycles. The zero-order valence-corrected chi connectivity index (χ0v) is 17.5. The van der Waals surface area contributed by atoms with Gasteiger partial charge in [-0.1, -0.05) is 47.5 Å². The van der Waals surface area contributed by atoms with E-state index in [-0.39, 0.29) is 6.04 Å². The summed E-state index contributed by atoms with van der Waals surface area (Å²) in [6.45, 7) is 3.15. The number of allylic oxidation sites excluding steroid dienone is 4. The zero-order valence-electron chi connectivity index (χ0n) is 16.0. The minimum atomic E-state index is -0.00182. The monoisotopic (exact) mass is 425 g/mol. The van der Waals surface area contributed by atoms with Gasteiger partial charge in [0.25, 0.3) is 0 Å². The Kier molecular flexibility index (Phi) is 5.93. The van der Waals surface area contributed by atoms with Gasteiger partial charge in [0.2, 0.25) is 5.96 Å². The number of guanidine groups is 1. The highest BCUT2D eigenvalue weighted by molar-refractivity contribution is 6.31. The first kappa shape index (κ1) is 19.6. The second-order valence-electron chi connectivity index (χ2n) is 6.66. The van der Waals surface area contributed by atoms with Crippen molar-refractivity contribution in [3.05, 3.63) is 94.2 Å². The summed E-state index contributed by atoms with van der Waals surface area (Å²) < 4.78 is 5.58. The average Bonchev–Trinajstić information content (AvgIpc) is 2.94. The molecule has 2 aromatic rings. The van der Waals surface area contributed by atoms with Crippen molar-refractivity contribution in [3.8, 4) is 5.75 Å². The lowest BCUT2D eigenvalue weighted by Crippen LogP contribution is -2.30. The minimum absolute atomic E-state index is 0.00182. The Morgan fingerprint density at radius 2 is 1.83 bits per heavy atom. The van der Waals surface area contributed by atoms with Crippen molar-refractivity contribution >= 4 is 34.8 Å². The molecule has 1 unspecified atom stereocenters. The van der Waals surface area contributed by atoms with Gasteiger partial charge in [0, 0.05) is 15.7 Å². The summed E-state index contributed by atoms with van der Waals surface area (Å²) in [6.07, 6.45) is 7.89. The fourth-order valence-corrected chi connectivity index (χ4v) is 3.60. The molecule has 1 atom stereocenters. The van der Waals surface area contributed by atoms with E-state index in [1.807, 2.05) is 73.7 Å². The van der Waals surface area contributed by atoms with Gasteiger partial charge >= 0.3 is 0 Å². The van der Waals surface area contributed by atoms with Crippen molar-refractivity contribution in [2.75, 3.05) is 11.5 Å². The van der Waals surface area contributed by atoms with Crippen molar-refractivity contribution in [3.63, 3.8) is 0 Å². The molecule has 1 heterocycles. The third-order valence-electron chi connectivity index (χ3n) is 4.65. The van der Waals surface area contributed by atoms with Crippen LogP contribution >= 0.6 is 23.2 Å². The summed E-state index contributed by atoms with van der Waals surface area (Å²) in [5.74, 6) is 1.61. The molecular formula is C23H21Cl2N3O. The van der Waals surface area contributed by atoms with Crippen LogP contribution in [0.2, 0.25) is 5.02 Å². The lowest BCUT2D eigenvalue weighted by Gasteiger charge is -2.20. The highest BCUT2D eigenvalue weighted by Crippen LogP contribution is 2.31. The summed E-state index contributed by atoms with van der Waals surface area (Å²) in [4.78, 5) is 6.94. The van der Waals surface area contributed by atoms with Crippen molar-refractivity contribution in [1.29, 1.82) is 0 Å². The number of ether oxygens (including phenoxy) is 1. The molecule has 1 aliphatic heterocycles. The predicted octanol–water partition coefficient (Wildman–Crippen LogP) is 5.65. The summed E-state index contributed by atoms with van der Waals surface area (Å²) in [7, 11) is 0. The first-order chi connectivity index (χ1) is 14.1. The third-order valence-corrected chi connectivity index (χ3v) is 5.14. The predicted molar refractivity (Wildman–Crippen MR) is 121 cm³/mol. The number of hydrogen-bond donors (Lipinski definition) is 1. The number of benzene rings is 2. The van der Waals surface area contributed by atoms with E-state index < -0.39 is 0 Å². The number of anilines is 1. The lowest BCUT2D eigenvalue weighted by molar-refractivity contribution is 0.340. The third kappa shape index (κ3) is 4.50. The Morgan fingerprint density at radius 3 is 2.55 bits per heavy atom. The fraction of sp³-hybridized carbons (Fsp3) is 0.174. The number of nitrogens with one attached hydrogen (secondary N) is 1. The van der Waals surface area contributed by atoms with Crippen LogP contribution in [0.25, 0.3) is 0 Å². The Bertz CT molecular complexity index is 992. The number of hydrogen-bond acceptors (Lipinski definition) is 2. The second-order valence-corrected chi connectivity index (χ2v) is 7.53. The van der Waals surface area contributed by atoms with E-state index in [0.717, 1.165) is 33.7 Å². The van der Waals surface area contributed by atoms with E-state index in [0.29, 0.717) is 18.2 Å². The molecule has 4 rings (SSSR count). The standard InChI is InChI=1S/C23H21Cl2N3O/c1-2-29-20-12-10-19(11-13-20)28-22-14-18(25)4-3-5-21(22)27-23(28)26-15-16-6-8-17(24)9-7-16/h3-14,21H,2,15H2,1H3,(H,26,27). The fourth-order valence-electron chi connectivity index (χ4n) is 3.29. The molecule has 0 spiro atoms. The number of aliphatic imine (C=N–C) groups is 1. The maximum absolute atomic E-state index is 6.35. The van der Waals surface area contributed by atoms with Crippen LogP contribution in [0, 0.1) is 0 Å². The molecule has 1 fully saturated rings. The summed E-state index contributed by atoms with van der Waals surface area (Å²) in [5, 5.41) is 4.89. The normalized spacial score (nSPS) is 19.3. The van der Waals surface area contributed by atoms with Crippen LogP contribution in [0.15, 0.2) is 88.6 Å². The Balaban J connectivity index is 1.68. The zero-order chi connectivity index (χ0) is 20.2. The highest BCUT2D eigenvalue weighted by atomic mass is 35.5. The molecule has 2 aromatic carbocycles. The van der Waals surface area contributed by atoms with Gasteiger partial charge in [0.05, 0.1) is 24.9 Å². The molecule has 0 aromatic heterocycles. The van der Waals surface area contributed by atoms with Gasteiger partial charge in [0.1, 0.15) is 5.75 Å². The van der Waals surface area contributed by atoms with Crippen LogP contribution < -0.4 is 15.0 Å². The van der Waals surface area contributed by atoms with Crippen LogP contribution in [0.5, 0.6) is 5.75 Å². The summed E-state index contributed by atoms with van der Waals surface area (Å²) in [5.41, 5.74) is 3.10. The number of fused-ring (bicyclic) bond motifs is 1. The molecule has 1 saturated heterocycles. The van der Waals surface area contributed by atoms with Gasteiger partial charge in [-0.2, -0.15) is 0 Å².